The molecule has 2 aliphatic rings. The van der Waals surface area contributed by atoms with Gasteiger partial charge in [-0.3, -0.25) is 9.36 Å². The van der Waals surface area contributed by atoms with Gasteiger partial charge in [-0.1, -0.05) is 12.1 Å². The Labute approximate surface area is 246 Å². The van der Waals surface area contributed by atoms with Gasteiger partial charge in [0.1, 0.15) is 11.4 Å². The standard InChI is InChI=1S/C33H40N2O7/c1-20-17-27(39-5)28(25-14-16-35(29(20)25)32(38)42-33(2,3)4)30(36)34-15-13-24(41-19-21-7-8-21)18-26(34)22-9-11-23(12-10-22)31(37)40-6/h9-12,14,16-17,21,24,26H,7-8,13,15,18-19H2,1-6H3/t24-,26+/m1/s1. The molecule has 0 radical (unpaired) electrons. The van der Waals surface area contributed by atoms with Crippen LogP contribution in [0.3, 0.4) is 0 Å². The number of nitrogens with zero attached hydrogens (tertiary/aromatic N) is 2. The van der Waals surface area contributed by atoms with E-state index in [1.54, 1.807) is 37.6 Å². The van der Waals surface area contributed by atoms with Gasteiger partial charge < -0.3 is 23.8 Å². The van der Waals surface area contributed by atoms with Crippen molar-refractivity contribution < 1.29 is 33.3 Å². The third-order valence-electron chi connectivity index (χ3n) is 7.94. The number of likely N-dealkylation sites (tertiary alicyclic amines) is 1. The monoisotopic (exact) mass is 576 g/mol. The van der Waals surface area contributed by atoms with E-state index in [1.807, 2.05) is 44.7 Å². The van der Waals surface area contributed by atoms with Gasteiger partial charge in [0.15, 0.2) is 0 Å². The van der Waals surface area contributed by atoms with Crippen LogP contribution in [0.4, 0.5) is 4.79 Å². The molecule has 0 bridgehead atoms. The van der Waals surface area contributed by atoms with Crippen LogP contribution in [0.1, 0.15) is 84.3 Å². The first-order chi connectivity index (χ1) is 20.0. The van der Waals surface area contributed by atoms with E-state index in [4.69, 9.17) is 18.9 Å². The molecule has 1 saturated heterocycles. The fourth-order valence-electron chi connectivity index (χ4n) is 5.65. The Kier molecular flexibility index (Phi) is 8.32. The van der Waals surface area contributed by atoms with Gasteiger partial charge >= 0.3 is 12.1 Å². The zero-order valence-electron chi connectivity index (χ0n) is 25.3. The van der Waals surface area contributed by atoms with Gasteiger partial charge in [0.2, 0.25) is 0 Å². The van der Waals surface area contributed by atoms with Gasteiger partial charge in [-0.25, -0.2) is 9.59 Å². The highest BCUT2D eigenvalue weighted by atomic mass is 16.6. The molecule has 3 aromatic rings. The van der Waals surface area contributed by atoms with Crippen molar-refractivity contribution in [3.8, 4) is 5.75 Å². The van der Waals surface area contributed by atoms with Crippen LogP contribution in [-0.4, -0.2) is 66.5 Å². The maximum absolute atomic E-state index is 14.5. The van der Waals surface area contributed by atoms with Crippen LogP contribution in [0, 0.1) is 12.8 Å². The lowest BCUT2D eigenvalue weighted by Gasteiger charge is -2.40. The molecular formula is C33H40N2O7. The summed E-state index contributed by atoms with van der Waals surface area (Å²) in [6, 6.07) is 10.5. The highest BCUT2D eigenvalue weighted by Gasteiger charge is 2.37. The van der Waals surface area contributed by atoms with Crippen LogP contribution in [0.25, 0.3) is 10.9 Å². The number of carbonyl (C=O) groups excluding carboxylic acids is 3. The zero-order chi connectivity index (χ0) is 30.2. The summed E-state index contributed by atoms with van der Waals surface area (Å²) in [6.45, 7) is 8.57. The second-order valence-corrected chi connectivity index (χ2v) is 12.3. The summed E-state index contributed by atoms with van der Waals surface area (Å²) in [5.74, 6) is 0.479. The normalized spacial score (nSPS) is 19.0. The maximum atomic E-state index is 14.5. The van der Waals surface area contributed by atoms with E-state index in [0.29, 0.717) is 53.1 Å². The molecule has 2 heterocycles. The van der Waals surface area contributed by atoms with Crippen LogP contribution >= 0.6 is 0 Å². The Balaban J connectivity index is 1.53. The van der Waals surface area contributed by atoms with Crippen molar-refractivity contribution in [2.45, 2.75) is 71.1 Å². The molecule has 5 rings (SSSR count). The molecular weight excluding hydrogens is 536 g/mol. The molecule has 1 aromatic heterocycles. The van der Waals surface area contributed by atoms with Crippen molar-refractivity contribution in [1.82, 2.24) is 9.47 Å². The lowest BCUT2D eigenvalue weighted by Crippen LogP contribution is -2.43. The molecule has 0 spiro atoms. The van der Waals surface area contributed by atoms with Crippen LogP contribution in [0.2, 0.25) is 0 Å². The minimum Gasteiger partial charge on any atom is -0.496 e. The minimum atomic E-state index is -0.671. The summed E-state index contributed by atoms with van der Waals surface area (Å²) >= 11 is 0. The van der Waals surface area contributed by atoms with Crippen molar-refractivity contribution in [2.24, 2.45) is 5.92 Å². The molecule has 2 aromatic carbocycles. The predicted octanol–water partition coefficient (Wildman–Crippen LogP) is 6.30. The quantitative estimate of drug-likeness (QED) is 0.305. The summed E-state index contributed by atoms with van der Waals surface area (Å²) in [5.41, 5.74) is 2.47. The van der Waals surface area contributed by atoms with E-state index in [0.717, 1.165) is 17.7 Å². The van der Waals surface area contributed by atoms with E-state index in [9.17, 15) is 14.4 Å². The number of rotatable bonds is 7. The number of hydrogen-bond donors (Lipinski definition) is 0. The van der Waals surface area contributed by atoms with Crippen molar-refractivity contribution in [2.75, 3.05) is 27.4 Å². The number of hydrogen-bond acceptors (Lipinski definition) is 7. The Morgan fingerprint density at radius 1 is 1.00 bits per heavy atom. The second kappa shape index (κ2) is 11.8. The molecule has 0 unspecified atom stereocenters. The average molecular weight is 577 g/mol. The number of aromatic nitrogens is 1. The van der Waals surface area contributed by atoms with Gasteiger partial charge in [-0.2, -0.15) is 0 Å². The SMILES string of the molecule is COC(=O)c1ccc([C@@H]2C[C@H](OCC3CC3)CCN2C(=O)c2c(OC)cc(C)c3c2ccn3C(=O)OC(C)(C)C)cc1. The Bertz CT molecular complexity index is 1480. The average Bonchev–Trinajstić information content (AvgIpc) is 3.69. The van der Waals surface area contributed by atoms with Gasteiger partial charge in [-0.05, 0) is 94.7 Å². The van der Waals surface area contributed by atoms with Crippen molar-refractivity contribution in [1.29, 1.82) is 0 Å². The second-order valence-electron chi connectivity index (χ2n) is 12.3. The molecule has 224 valence electrons. The van der Waals surface area contributed by atoms with Crippen molar-refractivity contribution in [3.05, 3.63) is 64.8 Å². The predicted molar refractivity (Wildman–Crippen MR) is 158 cm³/mol. The van der Waals surface area contributed by atoms with E-state index in [1.165, 1.54) is 24.5 Å². The van der Waals surface area contributed by atoms with Crippen LogP contribution in [0.5, 0.6) is 5.75 Å². The Hall–Kier alpha value is -3.85. The molecule has 1 amide bonds. The molecule has 1 aliphatic heterocycles. The molecule has 1 aliphatic carbocycles. The van der Waals surface area contributed by atoms with Crippen molar-refractivity contribution >= 4 is 28.9 Å². The number of benzene rings is 2. The minimum absolute atomic E-state index is 0.0214. The fourth-order valence-corrected chi connectivity index (χ4v) is 5.65. The van der Waals surface area contributed by atoms with Gasteiger partial charge in [0.25, 0.3) is 5.91 Å². The number of fused-ring (bicyclic) bond motifs is 1. The highest BCUT2D eigenvalue weighted by Crippen LogP contribution is 2.39. The first-order valence-electron chi connectivity index (χ1n) is 14.5. The van der Waals surface area contributed by atoms with Crippen LogP contribution < -0.4 is 4.74 Å². The van der Waals surface area contributed by atoms with Gasteiger partial charge in [-0.15, -0.1) is 0 Å². The Morgan fingerprint density at radius 3 is 2.33 bits per heavy atom. The van der Waals surface area contributed by atoms with Crippen molar-refractivity contribution in [3.63, 3.8) is 0 Å². The summed E-state index contributed by atoms with van der Waals surface area (Å²) < 4.78 is 24.0. The molecule has 42 heavy (non-hydrogen) atoms. The maximum Gasteiger partial charge on any atom is 0.419 e. The molecule has 0 N–H and O–H groups in total. The van der Waals surface area contributed by atoms with E-state index < -0.39 is 17.7 Å². The number of amides is 1. The van der Waals surface area contributed by atoms with Gasteiger partial charge in [0, 0.05) is 24.7 Å². The molecule has 1 saturated carbocycles. The number of esters is 1. The van der Waals surface area contributed by atoms with Crippen LogP contribution in [0.15, 0.2) is 42.6 Å². The molecule has 9 heteroatoms. The number of carbonyl (C=O) groups is 3. The third kappa shape index (κ3) is 6.16. The lowest BCUT2D eigenvalue weighted by atomic mass is 9.91. The molecule has 2 atom stereocenters. The molecule has 2 fully saturated rings. The van der Waals surface area contributed by atoms with E-state index in [2.05, 4.69) is 0 Å². The van der Waals surface area contributed by atoms with E-state index in [-0.39, 0.29) is 18.1 Å². The summed E-state index contributed by atoms with van der Waals surface area (Å²) in [6.07, 6.45) is 4.92. The highest BCUT2D eigenvalue weighted by molar-refractivity contribution is 6.11. The lowest BCUT2D eigenvalue weighted by molar-refractivity contribution is -0.0154. The number of methoxy groups -OCH3 is 2. The van der Waals surface area contributed by atoms with E-state index >= 15 is 0 Å². The first kappa shape index (κ1) is 29.6. The summed E-state index contributed by atoms with van der Waals surface area (Å²) in [5, 5.41) is 0.620. The summed E-state index contributed by atoms with van der Waals surface area (Å²) in [7, 11) is 2.90. The third-order valence-corrected chi connectivity index (χ3v) is 7.94. The largest absolute Gasteiger partial charge is 0.496 e. The summed E-state index contributed by atoms with van der Waals surface area (Å²) in [4.78, 5) is 41.5. The number of piperidine rings is 1. The Morgan fingerprint density at radius 2 is 1.71 bits per heavy atom. The van der Waals surface area contributed by atoms with Gasteiger partial charge in [0.05, 0.1) is 43.0 Å². The number of ether oxygens (including phenoxy) is 4. The fraction of sp³-hybridized carbons (Fsp3) is 0.485. The molecule has 9 nitrogen and oxygen atoms in total. The van der Waals surface area contributed by atoms with Crippen LogP contribution in [-0.2, 0) is 14.2 Å². The number of aryl methyl sites for hydroxylation is 1. The first-order valence-corrected chi connectivity index (χ1v) is 14.5. The topological polar surface area (TPSA) is 96.3 Å². The zero-order valence-corrected chi connectivity index (χ0v) is 25.3. The smallest absolute Gasteiger partial charge is 0.419 e.